The van der Waals surface area contributed by atoms with Crippen molar-refractivity contribution in [3.63, 3.8) is 0 Å². The first-order valence-electron chi connectivity index (χ1n) is 12.6. The van der Waals surface area contributed by atoms with Crippen molar-refractivity contribution in [2.75, 3.05) is 13.2 Å². The van der Waals surface area contributed by atoms with Gasteiger partial charge in [0, 0.05) is 30.8 Å². The summed E-state index contributed by atoms with van der Waals surface area (Å²) in [4.78, 5) is 36.3. The SMILES string of the molecule is CCC(CNC(=O)[C@H]1CCC[C@@H](NC(=O)OCC2c3ccccc3-c3ccccc32)C1)CC(=O)O. The van der Waals surface area contributed by atoms with E-state index in [1.807, 2.05) is 31.2 Å². The highest BCUT2D eigenvalue weighted by molar-refractivity contribution is 5.80. The second-order valence-corrected chi connectivity index (χ2v) is 9.65. The van der Waals surface area contributed by atoms with Crippen LogP contribution >= 0.6 is 0 Å². The number of fused-ring (bicyclic) bond motifs is 3. The molecule has 0 spiro atoms. The molecule has 7 heteroatoms. The van der Waals surface area contributed by atoms with Crippen LogP contribution in [-0.2, 0) is 14.3 Å². The van der Waals surface area contributed by atoms with Crippen molar-refractivity contribution in [1.29, 1.82) is 0 Å². The summed E-state index contributed by atoms with van der Waals surface area (Å²) in [5.41, 5.74) is 4.71. The van der Waals surface area contributed by atoms with Crippen LogP contribution in [-0.4, -0.2) is 42.3 Å². The molecule has 0 bridgehead atoms. The maximum Gasteiger partial charge on any atom is 0.407 e. The molecular weight excluding hydrogens is 444 g/mol. The number of carboxylic acid groups (broad SMARTS) is 1. The Labute approximate surface area is 206 Å². The lowest BCUT2D eigenvalue weighted by Crippen LogP contribution is -2.43. The van der Waals surface area contributed by atoms with E-state index in [0.717, 1.165) is 19.3 Å². The van der Waals surface area contributed by atoms with Crippen LogP contribution in [0.25, 0.3) is 11.1 Å². The number of hydrogen-bond acceptors (Lipinski definition) is 4. The normalized spacial score (nSPS) is 19.8. The van der Waals surface area contributed by atoms with Crippen molar-refractivity contribution in [1.82, 2.24) is 10.6 Å². The predicted molar refractivity (Wildman–Crippen MR) is 133 cm³/mol. The number of alkyl carbamates (subject to hydrolysis) is 1. The zero-order chi connectivity index (χ0) is 24.8. The first kappa shape index (κ1) is 24.8. The lowest BCUT2D eigenvalue weighted by Gasteiger charge is -2.29. The average molecular weight is 479 g/mol. The lowest BCUT2D eigenvalue weighted by molar-refractivity contribution is -0.138. The van der Waals surface area contributed by atoms with Crippen molar-refractivity contribution < 1.29 is 24.2 Å². The van der Waals surface area contributed by atoms with Crippen molar-refractivity contribution in [3.8, 4) is 11.1 Å². The third kappa shape index (κ3) is 6.02. The molecule has 1 fully saturated rings. The molecule has 2 amide bonds. The van der Waals surface area contributed by atoms with Crippen LogP contribution in [0.4, 0.5) is 4.79 Å². The monoisotopic (exact) mass is 478 g/mol. The minimum atomic E-state index is -0.851. The van der Waals surface area contributed by atoms with E-state index in [2.05, 4.69) is 34.9 Å². The Morgan fingerprint density at radius 2 is 1.69 bits per heavy atom. The number of aliphatic carboxylic acids is 1. The highest BCUT2D eigenvalue weighted by atomic mass is 16.5. The number of carbonyl (C=O) groups is 3. The molecule has 0 heterocycles. The van der Waals surface area contributed by atoms with Gasteiger partial charge in [0.25, 0.3) is 0 Å². The van der Waals surface area contributed by atoms with E-state index in [4.69, 9.17) is 9.84 Å². The topological polar surface area (TPSA) is 105 Å². The summed E-state index contributed by atoms with van der Waals surface area (Å²) in [5.74, 6) is -1.17. The van der Waals surface area contributed by atoms with E-state index in [9.17, 15) is 14.4 Å². The van der Waals surface area contributed by atoms with Crippen LogP contribution in [0.15, 0.2) is 48.5 Å². The van der Waals surface area contributed by atoms with Crippen LogP contribution in [0.3, 0.4) is 0 Å². The predicted octanol–water partition coefficient (Wildman–Crippen LogP) is 4.70. The maximum atomic E-state index is 12.7. The van der Waals surface area contributed by atoms with Crippen molar-refractivity contribution in [2.24, 2.45) is 11.8 Å². The van der Waals surface area contributed by atoms with E-state index in [1.165, 1.54) is 22.3 Å². The third-order valence-corrected chi connectivity index (χ3v) is 7.32. The first-order chi connectivity index (χ1) is 17.0. The van der Waals surface area contributed by atoms with Gasteiger partial charge in [0.1, 0.15) is 6.61 Å². The number of hydrogen-bond donors (Lipinski definition) is 3. The number of carbonyl (C=O) groups excluding carboxylic acids is 2. The standard InChI is InChI=1S/C28H34N2O5/c1-2-18(14-26(31)32)16-29-27(33)19-8-7-9-20(15-19)30-28(34)35-17-25-23-12-5-3-10-21(23)22-11-4-6-13-24(22)25/h3-6,10-13,18-20,25H,2,7-9,14-17H2,1H3,(H,29,33)(H,30,34)(H,31,32)/t18?,19-,20+/m0/s1. The van der Waals surface area contributed by atoms with Gasteiger partial charge in [-0.3, -0.25) is 9.59 Å². The van der Waals surface area contributed by atoms with E-state index in [1.54, 1.807) is 0 Å². The Kier molecular flexibility index (Phi) is 8.06. The fourth-order valence-corrected chi connectivity index (χ4v) is 5.36. The zero-order valence-electron chi connectivity index (χ0n) is 20.2. The average Bonchev–Trinajstić information content (AvgIpc) is 3.18. The van der Waals surface area contributed by atoms with Gasteiger partial charge < -0.3 is 20.5 Å². The molecule has 0 aromatic heterocycles. The van der Waals surface area contributed by atoms with Gasteiger partial charge in [-0.25, -0.2) is 4.79 Å². The minimum absolute atomic E-state index is 0.00958. The Bertz CT molecular complexity index is 1020. The number of nitrogens with one attached hydrogen (secondary N) is 2. The van der Waals surface area contributed by atoms with Crippen molar-refractivity contribution in [3.05, 3.63) is 59.7 Å². The van der Waals surface area contributed by atoms with Crippen LogP contribution < -0.4 is 10.6 Å². The summed E-state index contributed by atoms with van der Waals surface area (Å²) >= 11 is 0. The van der Waals surface area contributed by atoms with Crippen LogP contribution in [0.5, 0.6) is 0 Å². The molecule has 2 aromatic carbocycles. The summed E-state index contributed by atoms with van der Waals surface area (Å²) in [5, 5.41) is 14.9. The van der Waals surface area contributed by atoms with Gasteiger partial charge in [0.2, 0.25) is 5.91 Å². The molecular formula is C28H34N2O5. The third-order valence-electron chi connectivity index (χ3n) is 7.32. The molecule has 7 nitrogen and oxygen atoms in total. The quantitative estimate of drug-likeness (QED) is 0.485. The highest BCUT2D eigenvalue weighted by Crippen LogP contribution is 2.44. The smallest absolute Gasteiger partial charge is 0.407 e. The number of ether oxygens (including phenoxy) is 1. The molecule has 3 atom stereocenters. The van der Waals surface area contributed by atoms with Gasteiger partial charge in [0.15, 0.2) is 0 Å². The van der Waals surface area contributed by atoms with Crippen LogP contribution in [0.2, 0.25) is 0 Å². The second kappa shape index (κ2) is 11.4. The van der Waals surface area contributed by atoms with E-state index in [0.29, 0.717) is 19.4 Å². The molecule has 35 heavy (non-hydrogen) atoms. The summed E-state index contributed by atoms with van der Waals surface area (Å²) in [6, 6.07) is 16.3. The Balaban J connectivity index is 1.27. The number of carboxylic acids is 1. The molecule has 4 rings (SSSR count). The van der Waals surface area contributed by atoms with Crippen LogP contribution in [0.1, 0.15) is 62.5 Å². The van der Waals surface area contributed by atoms with Gasteiger partial charge >= 0.3 is 12.1 Å². The minimum Gasteiger partial charge on any atom is -0.481 e. The molecule has 2 aliphatic rings. The fraction of sp³-hybridized carbons (Fsp3) is 0.464. The molecule has 1 unspecified atom stereocenters. The maximum absolute atomic E-state index is 12.7. The van der Waals surface area contributed by atoms with E-state index in [-0.39, 0.29) is 42.7 Å². The molecule has 2 aromatic rings. The van der Waals surface area contributed by atoms with Gasteiger partial charge in [-0.2, -0.15) is 0 Å². The molecule has 2 aliphatic carbocycles. The van der Waals surface area contributed by atoms with Gasteiger partial charge in [-0.05, 0) is 47.4 Å². The van der Waals surface area contributed by atoms with E-state index >= 15 is 0 Å². The zero-order valence-corrected chi connectivity index (χ0v) is 20.2. The molecule has 186 valence electrons. The number of amides is 2. The summed E-state index contributed by atoms with van der Waals surface area (Å²) < 4.78 is 5.66. The molecule has 1 saturated carbocycles. The summed E-state index contributed by atoms with van der Waals surface area (Å²) in [6.45, 7) is 2.55. The number of rotatable bonds is 9. The van der Waals surface area contributed by atoms with Crippen molar-refractivity contribution >= 4 is 18.0 Å². The first-order valence-corrected chi connectivity index (χ1v) is 12.6. The molecule has 0 saturated heterocycles. The molecule has 0 radical (unpaired) electrons. The summed E-state index contributed by atoms with van der Waals surface area (Å²) in [6.07, 6.45) is 3.28. The van der Waals surface area contributed by atoms with E-state index < -0.39 is 12.1 Å². The van der Waals surface area contributed by atoms with Gasteiger partial charge in [0.05, 0.1) is 0 Å². The Hall–Kier alpha value is -3.35. The van der Waals surface area contributed by atoms with Crippen molar-refractivity contribution in [2.45, 2.75) is 57.4 Å². The highest BCUT2D eigenvalue weighted by Gasteiger charge is 2.31. The second-order valence-electron chi connectivity index (χ2n) is 9.65. The summed E-state index contributed by atoms with van der Waals surface area (Å²) in [7, 11) is 0. The molecule has 0 aliphatic heterocycles. The fourth-order valence-electron chi connectivity index (χ4n) is 5.36. The Morgan fingerprint density at radius 3 is 2.31 bits per heavy atom. The van der Waals surface area contributed by atoms with Gasteiger partial charge in [-0.15, -0.1) is 0 Å². The Morgan fingerprint density at radius 1 is 1.03 bits per heavy atom. The largest absolute Gasteiger partial charge is 0.481 e. The lowest BCUT2D eigenvalue weighted by atomic mass is 9.85. The van der Waals surface area contributed by atoms with Gasteiger partial charge in [-0.1, -0.05) is 68.3 Å². The van der Waals surface area contributed by atoms with Crippen LogP contribution in [0, 0.1) is 11.8 Å². The molecule has 3 N–H and O–H groups in total. The number of benzene rings is 2.